The molecule has 0 amide bonds. The van der Waals surface area contributed by atoms with Gasteiger partial charge in [-0.3, -0.25) is 0 Å². The standard InChI is InChI=1S/C13H13NO3S/c1-7-4-8(2)11(10(5-7)17-3)12-14-9(6-18-12)13(15)16/h4-6H,1-3H3,(H,15,16). The highest BCUT2D eigenvalue weighted by Gasteiger charge is 2.16. The molecule has 0 unspecified atom stereocenters. The Balaban J connectivity index is 2.58. The van der Waals surface area contributed by atoms with Gasteiger partial charge in [-0.2, -0.15) is 0 Å². The summed E-state index contributed by atoms with van der Waals surface area (Å²) in [6.07, 6.45) is 0. The predicted molar refractivity (Wildman–Crippen MR) is 70.5 cm³/mol. The molecule has 0 atom stereocenters. The fraction of sp³-hybridized carbons (Fsp3) is 0.231. The number of rotatable bonds is 3. The molecule has 0 aliphatic carbocycles. The summed E-state index contributed by atoms with van der Waals surface area (Å²) in [5.41, 5.74) is 3.05. The maximum atomic E-state index is 10.9. The van der Waals surface area contributed by atoms with Gasteiger partial charge < -0.3 is 9.84 Å². The van der Waals surface area contributed by atoms with E-state index in [4.69, 9.17) is 9.84 Å². The maximum absolute atomic E-state index is 10.9. The van der Waals surface area contributed by atoms with Crippen molar-refractivity contribution in [3.63, 3.8) is 0 Å². The lowest BCUT2D eigenvalue weighted by Crippen LogP contribution is -1.97. The van der Waals surface area contributed by atoms with E-state index in [1.165, 1.54) is 16.7 Å². The van der Waals surface area contributed by atoms with E-state index < -0.39 is 5.97 Å². The number of ether oxygens (including phenoxy) is 1. The fourth-order valence-corrected chi connectivity index (χ4v) is 2.76. The van der Waals surface area contributed by atoms with Crippen LogP contribution in [0.4, 0.5) is 0 Å². The quantitative estimate of drug-likeness (QED) is 0.924. The molecule has 18 heavy (non-hydrogen) atoms. The van der Waals surface area contributed by atoms with E-state index in [1.807, 2.05) is 26.0 Å². The second-order valence-corrected chi connectivity index (χ2v) is 4.86. The Labute approximate surface area is 109 Å². The topological polar surface area (TPSA) is 59.4 Å². The zero-order chi connectivity index (χ0) is 13.3. The van der Waals surface area contributed by atoms with Crippen LogP contribution in [0.15, 0.2) is 17.5 Å². The number of hydrogen-bond acceptors (Lipinski definition) is 4. The molecular weight excluding hydrogens is 250 g/mol. The lowest BCUT2D eigenvalue weighted by Gasteiger charge is -2.10. The van der Waals surface area contributed by atoms with E-state index in [9.17, 15) is 4.79 Å². The average Bonchev–Trinajstić information content (AvgIpc) is 2.77. The normalized spacial score (nSPS) is 10.4. The minimum atomic E-state index is -1.01. The average molecular weight is 263 g/mol. The van der Waals surface area contributed by atoms with Crippen molar-refractivity contribution in [2.45, 2.75) is 13.8 Å². The molecule has 0 spiro atoms. The molecule has 1 N–H and O–H groups in total. The van der Waals surface area contributed by atoms with Crippen LogP contribution in [0.3, 0.4) is 0 Å². The SMILES string of the molecule is COc1cc(C)cc(C)c1-c1nc(C(=O)O)cs1. The molecular formula is C13H13NO3S. The summed E-state index contributed by atoms with van der Waals surface area (Å²) in [5.74, 6) is -0.292. The van der Waals surface area contributed by atoms with Crippen LogP contribution in [0, 0.1) is 13.8 Å². The molecule has 0 aliphatic heterocycles. The molecule has 4 nitrogen and oxygen atoms in total. The highest BCUT2D eigenvalue weighted by molar-refractivity contribution is 7.13. The molecule has 0 radical (unpaired) electrons. The van der Waals surface area contributed by atoms with E-state index in [0.717, 1.165) is 22.4 Å². The van der Waals surface area contributed by atoms with E-state index in [1.54, 1.807) is 7.11 Å². The van der Waals surface area contributed by atoms with Gasteiger partial charge in [-0.25, -0.2) is 9.78 Å². The monoisotopic (exact) mass is 263 g/mol. The third kappa shape index (κ3) is 2.22. The van der Waals surface area contributed by atoms with Gasteiger partial charge in [0.05, 0.1) is 12.7 Å². The van der Waals surface area contributed by atoms with Crippen LogP contribution in [-0.4, -0.2) is 23.2 Å². The van der Waals surface area contributed by atoms with E-state index in [0.29, 0.717) is 5.01 Å². The third-order valence-electron chi connectivity index (χ3n) is 2.60. The Kier molecular flexibility index (Phi) is 3.34. The van der Waals surface area contributed by atoms with E-state index in [2.05, 4.69) is 4.98 Å². The summed E-state index contributed by atoms with van der Waals surface area (Å²) in [7, 11) is 1.60. The molecule has 1 aromatic carbocycles. The first-order valence-corrected chi connectivity index (χ1v) is 6.25. The molecule has 2 aromatic rings. The van der Waals surface area contributed by atoms with Crippen molar-refractivity contribution in [2.24, 2.45) is 0 Å². The minimum Gasteiger partial charge on any atom is -0.496 e. The second kappa shape index (κ2) is 4.78. The number of aromatic nitrogens is 1. The molecule has 1 heterocycles. The van der Waals surface area contributed by atoms with Gasteiger partial charge in [0.1, 0.15) is 10.8 Å². The minimum absolute atomic E-state index is 0.0667. The molecule has 1 aromatic heterocycles. The van der Waals surface area contributed by atoms with E-state index >= 15 is 0 Å². The number of aryl methyl sites for hydroxylation is 2. The van der Waals surface area contributed by atoms with Crippen molar-refractivity contribution in [2.75, 3.05) is 7.11 Å². The molecule has 0 aliphatic rings. The van der Waals surface area contributed by atoms with Crippen molar-refractivity contribution in [3.8, 4) is 16.3 Å². The number of carboxylic acids is 1. The first-order valence-electron chi connectivity index (χ1n) is 5.37. The van der Waals surface area contributed by atoms with Crippen LogP contribution in [-0.2, 0) is 0 Å². The van der Waals surface area contributed by atoms with Crippen LogP contribution in [0.2, 0.25) is 0 Å². The highest BCUT2D eigenvalue weighted by Crippen LogP contribution is 2.36. The number of hydrogen-bond donors (Lipinski definition) is 1. The Morgan fingerprint density at radius 1 is 1.39 bits per heavy atom. The zero-order valence-electron chi connectivity index (χ0n) is 10.4. The van der Waals surface area contributed by atoms with E-state index in [-0.39, 0.29) is 5.69 Å². The van der Waals surface area contributed by atoms with Gasteiger partial charge in [0.25, 0.3) is 0 Å². The number of nitrogens with zero attached hydrogens (tertiary/aromatic N) is 1. The highest BCUT2D eigenvalue weighted by atomic mass is 32.1. The third-order valence-corrected chi connectivity index (χ3v) is 3.46. The molecule has 0 fully saturated rings. The summed E-state index contributed by atoms with van der Waals surface area (Å²) in [4.78, 5) is 15.0. The Bertz CT molecular complexity index is 604. The van der Waals surface area contributed by atoms with Crippen LogP contribution >= 0.6 is 11.3 Å². The lowest BCUT2D eigenvalue weighted by molar-refractivity contribution is 0.0691. The number of methoxy groups -OCH3 is 1. The van der Waals surface area contributed by atoms with Crippen molar-refractivity contribution in [3.05, 3.63) is 34.3 Å². The smallest absolute Gasteiger partial charge is 0.355 e. The van der Waals surface area contributed by atoms with Crippen LogP contribution in [0.25, 0.3) is 10.6 Å². The predicted octanol–water partition coefficient (Wildman–Crippen LogP) is 3.13. The van der Waals surface area contributed by atoms with Gasteiger partial charge in [-0.15, -0.1) is 11.3 Å². The van der Waals surface area contributed by atoms with Gasteiger partial charge in [-0.05, 0) is 31.0 Å². The van der Waals surface area contributed by atoms with Gasteiger partial charge in [0.2, 0.25) is 0 Å². The summed E-state index contributed by atoms with van der Waals surface area (Å²) in [6, 6.07) is 3.95. The van der Waals surface area contributed by atoms with Gasteiger partial charge in [0, 0.05) is 5.38 Å². The summed E-state index contributed by atoms with van der Waals surface area (Å²) < 4.78 is 5.35. The van der Waals surface area contributed by atoms with Crippen molar-refractivity contribution in [1.82, 2.24) is 4.98 Å². The fourth-order valence-electron chi connectivity index (χ4n) is 1.85. The summed E-state index contributed by atoms with van der Waals surface area (Å²) in [5, 5.41) is 11.1. The van der Waals surface area contributed by atoms with Crippen LogP contribution in [0.5, 0.6) is 5.75 Å². The Morgan fingerprint density at radius 2 is 2.11 bits per heavy atom. The molecule has 2 rings (SSSR count). The van der Waals surface area contributed by atoms with Gasteiger partial charge in [-0.1, -0.05) is 6.07 Å². The lowest BCUT2D eigenvalue weighted by atomic mass is 10.0. The Morgan fingerprint density at radius 3 is 2.67 bits per heavy atom. The summed E-state index contributed by atoms with van der Waals surface area (Å²) >= 11 is 1.31. The second-order valence-electron chi connectivity index (χ2n) is 4.00. The number of carbonyl (C=O) groups is 1. The maximum Gasteiger partial charge on any atom is 0.355 e. The summed E-state index contributed by atoms with van der Waals surface area (Å²) in [6.45, 7) is 3.95. The molecule has 5 heteroatoms. The van der Waals surface area contributed by atoms with Crippen molar-refractivity contribution >= 4 is 17.3 Å². The molecule has 94 valence electrons. The Hall–Kier alpha value is -1.88. The first kappa shape index (κ1) is 12.6. The largest absolute Gasteiger partial charge is 0.496 e. The number of carboxylic acid groups (broad SMARTS) is 1. The number of aromatic carboxylic acids is 1. The van der Waals surface area contributed by atoms with Crippen LogP contribution in [0.1, 0.15) is 21.6 Å². The molecule has 0 saturated carbocycles. The van der Waals surface area contributed by atoms with Gasteiger partial charge >= 0.3 is 5.97 Å². The molecule has 0 saturated heterocycles. The zero-order valence-corrected chi connectivity index (χ0v) is 11.2. The first-order chi connectivity index (χ1) is 8.52. The van der Waals surface area contributed by atoms with Crippen LogP contribution < -0.4 is 4.74 Å². The van der Waals surface area contributed by atoms with Crippen molar-refractivity contribution in [1.29, 1.82) is 0 Å². The number of thiazole rings is 1. The number of benzene rings is 1. The van der Waals surface area contributed by atoms with Crippen molar-refractivity contribution < 1.29 is 14.6 Å². The van der Waals surface area contributed by atoms with Gasteiger partial charge in [0.15, 0.2) is 5.69 Å². The molecule has 0 bridgehead atoms.